The second-order valence-corrected chi connectivity index (χ2v) is 7.01. The molecule has 0 aliphatic carbocycles. The SMILES string of the molecule is O=C(O)[C@@H](CO)C[C@@H](Cc1ccc(-c2ccccc2)cc1Cl)Nn1c(=O)c1=O. The number of carboxylic acid groups (broad SMARTS) is 1. The van der Waals surface area contributed by atoms with Gasteiger partial charge < -0.3 is 15.6 Å². The predicted octanol–water partition coefficient (Wildman–Crippen LogP) is 1.64. The number of aliphatic hydroxyl groups is 1. The van der Waals surface area contributed by atoms with Gasteiger partial charge in [-0.3, -0.25) is 14.4 Å². The van der Waals surface area contributed by atoms with E-state index in [1.807, 2.05) is 48.5 Å². The number of benzene rings is 2. The van der Waals surface area contributed by atoms with Gasteiger partial charge in [0.05, 0.1) is 12.5 Å². The van der Waals surface area contributed by atoms with E-state index < -0.39 is 35.7 Å². The van der Waals surface area contributed by atoms with Gasteiger partial charge in [-0.1, -0.05) is 54.1 Å². The Hall–Kier alpha value is -2.90. The molecule has 1 heterocycles. The average Bonchev–Trinajstić information content (AvgIpc) is 3.25. The zero-order chi connectivity index (χ0) is 20.3. The van der Waals surface area contributed by atoms with Crippen LogP contribution in [0.2, 0.25) is 5.02 Å². The number of nitrogens with zero attached hydrogens (tertiary/aromatic N) is 1. The fraction of sp³-hybridized carbons (Fsp3) is 0.250. The van der Waals surface area contributed by atoms with Crippen LogP contribution >= 0.6 is 11.6 Å². The Balaban J connectivity index is 1.81. The van der Waals surface area contributed by atoms with E-state index in [-0.39, 0.29) is 12.8 Å². The van der Waals surface area contributed by atoms with Gasteiger partial charge >= 0.3 is 17.1 Å². The third kappa shape index (κ3) is 4.49. The fourth-order valence-electron chi connectivity index (χ4n) is 3.00. The van der Waals surface area contributed by atoms with Crippen molar-refractivity contribution < 1.29 is 15.0 Å². The smallest absolute Gasteiger partial charge is 0.340 e. The van der Waals surface area contributed by atoms with Crippen LogP contribution in [0.15, 0.2) is 58.1 Å². The molecule has 7 nitrogen and oxygen atoms in total. The van der Waals surface area contributed by atoms with Gasteiger partial charge in [0.25, 0.3) is 0 Å². The molecule has 8 heteroatoms. The molecule has 0 bridgehead atoms. The lowest BCUT2D eigenvalue weighted by Crippen LogP contribution is -2.34. The molecule has 0 amide bonds. The Morgan fingerprint density at radius 2 is 1.75 bits per heavy atom. The zero-order valence-corrected chi connectivity index (χ0v) is 15.6. The molecule has 2 atom stereocenters. The summed E-state index contributed by atoms with van der Waals surface area (Å²) in [6.45, 7) is -0.546. The second kappa shape index (κ2) is 8.41. The second-order valence-electron chi connectivity index (χ2n) is 6.60. The highest BCUT2D eigenvalue weighted by molar-refractivity contribution is 6.31. The topological polar surface area (TPSA) is 109 Å². The van der Waals surface area contributed by atoms with Crippen molar-refractivity contribution in [3.05, 3.63) is 79.8 Å². The monoisotopic (exact) mass is 402 g/mol. The predicted molar refractivity (Wildman–Crippen MR) is 106 cm³/mol. The van der Waals surface area contributed by atoms with Crippen molar-refractivity contribution in [1.29, 1.82) is 0 Å². The van der Waals surface area contributed by atoms with Gasteiger partial charge in [0.1, 0.15) is 0 Å². The molecular formula is C20H19ClN2O5. The Kier molecular flexibility index (Phi) is 5.96. The van der Waals surface area contributed by atoms with E-state index in [9.17, 15) is 24.6 Å². The van der Waals surface area contributed by atoms with Gasteiger partial charge in [-0.25, -0.2) is 0 Å². The Bertz CT molecular complexity index is 1010. The van der Waals surface area contributed by atoms with Crippen molar-refractivity contribution in [3.63, 3.8) is 0 Å². The molecule has 3 N–H and O–H groups in total. The van der Waals surface area contributed by atoms with Crippen molar-refractivity contribution in [1.82, 2.24) is 4.68 Å². The molecular weight excluding hydrogens is 384 g/mol. The van der Waals surface area contributed by atoms with E-state index in [4.69, 9.17) is 11.6 Å². The summed E-state index contributed by atoms with van der Waals surface area (Å²) in [5, 5.41) is 19.0. The molecule has 1 aromatic heterocycles. The lowest BCUT2D eigenvalue weighted by molar-refractivity contribution is -0.143. The number of carbonyl (C=O) groups is 1. The molecule has 3 rings (SSSR count). The van der Waals surface area contributed by atoms with Crippen LogP contribution < -0.4 is 16.5 Å². The first-order valence-corrected chi connectivity index (χ1v) is 9.10. The van der Waals surface area contributed by atoms with Crippen LogP contribution in [-0.2, 0) is 11.2 Å². The van der Waals surface area contributed by atoms with E-state index >= 15 is 0 Å². The van der Waals surface area contributed by atoms with Crippen LogP contribution in [0, 0.1) is 5.92 Å². The molecule has 0 radical (unpaired) electrons. The van der Waals surface area contributed by atoms with Crippen LogP contribution in [0.3, 0.4) is 0 Å². The summed E-state index contributed by atoms with van der Waals surface area (Å²) in [4.78, 5) is 33.8. The highest BCUT2D eigenvalue weighted by Gasteiger charge is 2.26. The quantitative estimate of drug-likeness (QED) is 0.469. The maximum Gasteiger partial charge on any atom is 0.340 e. The molecule has 0 saturated heterocycles. The van der Waals surface area contributed by atoms with Gasteiger partial charge in [-0.05, 0) is 35.6 Å². The number of halogens is 1. The summed E-state index contributed by atoms with van der Waals surface area (Å²) in [5.41, 5.74) is 4.07. The molecule has 0 unspecified atom stereocenters. The number of hydrogen-bond acceptors (Lipinski definition) is 5. The van der Waals surface area contributed by atoms with Crippen molar-refractivity contribution in [2.75, 3.05) is 12.0 Å². The average molecular weight is 403 g/mol. The summed E-state index contributed by atoms with van der Waals surface area (Å²) in [6.07, 6.45) is 0.314. The first kappa shape index (κ1) is 19.9. The molecule has 0 aliphatic heterocycles. The number of aliphatic carboxylic acids is 1. The number of rotatable bonds is 9. The minimum Gasteiger partial charge on any atom is -0.481 e. The van der Waals surface area contributed by atoms with Crippen molar-refractivity contribution in [2.24, 2.45) is 5.92 Å². The van der Waals surface area contributed by atoms with Crippen LogP contribution in [0.25, 0.3) is 11.1 Å². The van der Waals surface area contributed by atoms with E-state index in [2.05, 4.69) is 5.43 Å². The van der Waals surface area contributed by atoms with Crippen molar-refractivity contribution in [3.8, 4) is 11.1 Å². The lowest BCUT2D eigenvalue weighted by Gasteiger charge is -2.21. The van der Waals surface area contributed by atoms with Gasteiger partial charge in [-0.2, -0.15) is 4.68 Å². The maximum atomic E-state index is 11.3. The fourth-order valence-corrected chi connectivity index (χ4v) is 3.26. The zero-order valence-electron chi connectivity index (χ0n) is 14.8. The van der Waals surface area contributed by atoms with Gasteiger partial charge in [0, 0.05) is 11.1 Å². The molecule has 0 spiro atoms. The Morgan fingerprint density at radius 1 is 1.07 bits per heavy atom. The van der Waals surface area contributed by atoms with E-state index in [1.165, 1.54) is 0 Å². The molecule has 0 aliphatic rings. The lowest BCUT2D eigenvalue weighted by atomic mass is 9.94. The van der Waals surface area contributed by atoms with Crippen LogP contribution in [0.5, 0.6) is 0 Å². The molecule has 0 saturated carbocycles. The molecule has 28 heavy (non-hydrogen) atoms. The number of nitrogens with one attached hydrogen (secondary N) is 1. The minimum absolute atomic E-state index is 0.0274. The van der Waals surface area contributed by atoms with Gasteiger partial charge in [0.2, 0.25) is 0 Å². The molecule has 2 aromatic carbocycles. The minimum atomic E-state index is -1.15. The molecule has 146 valence electrons. The third-order valence-corrected chi connectivity index (χ3v) is 4.97. The standard InChI is InChI=1S/C20H19ClN2O5/c21-17-10-13(12-4-2-1-3-5-12)6-7-14(17)8-16(9-15(11-24)20(27)28)22-23-18(25)19(23)26/h1-7,10,15-16,22,24H,8-9,11H2,(H,27,28)/t15-,16-/m1/s1. The van der Waals surface area contributed by atoms with E-state index in [0.29, 0.717) is 5.02 Å². The number of aliphatic hydroxyl groups excluding tert-OH is 1. The first-order valence-electron chi connectivity index (χ1n) is 8.72. The number of hydrogen-bond donors (Lipinski definition) is 3. The highest BCUT2D eigenvalue weighted by atomic mass is 35.5. The summed E-state index contributed by atoms with van der Waals surface area (Å²) in [5.74, 6) is -2.17. The number of carboxylic acids is 1. The largest absolute Gasteiger partial charge is 0.481 e. The van der Waals surface area contributed by atoms with E-state index in [0.717, 1.165) is 21.4 Å². The normalized spacial score (nSPS) is 13.4. The van der Waals surface area contributed by atoms with Crippen molar-refractivity contribution >= 4 is 17.6 Å². The van der Waals surface area contributed by atoms with Crippen molar-refractivity contribution in [2.45, 2.75) is 18.9 Å². The Labute approximate surface area is 165 Å². The summed E-state index contributed by atoms with van der Waals surface area (Å²) in [6, 6.07) is 14.7. The first-order chi connectivity index (χ1) is 13.4. The number of aromatic nitrogens is 1. The van der Waals surface area contributed by atoms with Gasteiger partial charge in [-0.15, -0.1) is 0 Å². The van der Waals surface area contributed by atoms with Crippen LogP contribution in [-0.4, -0.2) is 33.5 Å². The summed E-state index contributed by atoms with van der Waals surface area (Å²) < 4.78 is 0.840. The van der Waals surface area contributed by atoms with Gasteiger partial charge in [0.15, 0.2) is 0 Å². The summed E-state index contributed by atoms with van der Waals surface area (Å²) >= 11 is 6.42. The third-order valence-electron chi connectivity index (χ3n) is 4.62. The highest BCUT2D eigenvalue weighted by Crippen LogP contribution is 2.27. The van der Waals surface area contributed by atoms with Crippen LogP contribution in [0.1, 0.15) is 12.0 Å². The summed E-state index contributed by atoms with van der Waals surface area (Å²) in [7, 11) is 0. The van der Waals surface area contributed by atoms with E-state index in [1.54, 1.807) is 0 Å². The maximum absolute atomic E-state index is 11.3. The van der Waals surface area contributed by atoms with Crippen LogP contribution in [0.4, 0.5) is 0 Å². The molecule has 3 aromatic rings. The Morgan fingerprint density at radius 3 is 2.29 bits per heavy atom. The molecule has 0 fully saturated rings.